The zero-order valence-electron chi connectivity index (χ0n) is 29.8. The van der Waals surface area contributed by atoms with Gasteiger partial charge < -0.3 is 32.2 Å². The van der Waals surface area contributed by atoms with E-state index in [1.165, 1.54) is 0 Å². The van der Waals surface area contributed by atoms with Gasteiger partial charge in [0.1, 0.15) is 0 Å². The standard InChI is InChI=1S/C34H59NO7Si2/c1-16-17-26(36-9)19-18-25(2)20-29(41-43(12,13)32(3,4)5)28-21-27(37-10)22-34(38-11,40-28)23-30-35-31(24-39-30)42-44(14,15)33(6,7)8/h1,18-20,24,26-29H,17,21-23H2,2-15H3/b19-18+,25-20+/t26-,27-,28-,29-,34+/m1/s1. The van der Waals surface area contributed by atoms with Crippen LogP contribution < -0.4 is 4.43 Å². The molecular formula is C34H59NO7Si2. The number of rotatable bonds is 14. The van der Waals surface area contributed by atoms with Crippen molar-refractivity contribution in [1.29, 1.82) is 0 Å². The first kappa shape index (κ1) is 38.5. The second-order valence-corrected chi connectivity index (χ2v) is 24.5. The molecule has 5 atom stereocenters. The van der Waals surface area contributed by atoms with Gasteiger partial charge >= 0.3 is 0 Å². The molecule has 2 heterocycles. The molecule has 8 nitrogen and oxygen atoms in total. The zero-order valence-corrected chi connectivity index (χ0v) is 31.8. The summed E-state index contributed by atoms with van der Waals surface area (Å²) >= 11 is 0. The molecule has 2 rings (SSSR count). The highest BCUT2D eigenvalue weighted by molar-refractivity contribution is 6.75. The van der Waals surface area contributed by atoms with Crippen molar-refractivity contribution in [3.63, 3.8) is 0 Å². The molecule has 1 aromatic rings. The normalized spacial score (nSPS) is 23.9. The third-order valence-electron chi connectivity index (χ3n) is 9.45. The van der Waals surface area contributed by atoms with Crippen LogP contribution in [0.4, 0.5) is 0 Å². The minimum absolute atomic E-state index is 0.00306. The highest BCUT2D eigenvalue weighted by atomic mass is 28.4. The smallest absolute Gasteiger partial charge is 0.252 e. The molecule has 1 saturated heterocycles. The van der Waals surface area contributed by atoms with Crippen molar-refractivity contribution < 1.29 is 32.2 Å². The fourth-order valence-electron chi connectivity index (χ4n) is 4.48. The number of hydrogen-bond acceptors (Lipinski definition) is 8. The van der Waals surface area contributed by atoms with Crippen molar-refractivity contribution in [2.24, 2.45) is 0 Å². The van der Waals surface area contributed by atoms with Gasteiger partial charge in [0.05, 0.1) is 30.8 Å². The Bertz CT molecular complexity index is 1160. The fraction of sp³-hybridized carbons (Fsp3) is 0.735. The summed E-state index contributed by atoms with van der Waals surface area (Å²) in [6.07, 6.45) is 14.3. The molecule has 0 unspecified atom stereocenters. The van der Waals surface area contributed by atoms with Gasteiger partial charge in [-0.15, -0.1) is 12.3 Å². The van der Waals surface area contributed by atoms with Gasteiger partial charge in [0.15, 0.2) is 20.4 Å². The fourth-order valence-corrected chi connectivity index (χ4v) is 6.66. The summed E-state index contributed by atoms with van der Waals surface area (Å²) in [4.78, 5) is 4.69. The summed E-state index contributed by atoms with van der Waals surface area (Å²) in [5.41, 5.74) is 1.03. The van der Waals surface area contributed by atoms with Crippen LogP contribution in [0.1, 0.15) is 73.6 Å². The summed E-state index contributed by atoms with van der Waals surface area (Å²) in [7, 11) is 0.771. The molecule has 250 valence electrons. The summed E-state index contributed by atoms with van der Waals surface area (Å²) in [5, 5.41) is 0.0418. The first-order valence-electron chi connectivity index (χ1n) is 15.6. The van der Waals surface area contributed by atoms with E-state index < -0.39 is 22.4 Å². The average Bonchev–Trinajstić information content (AvgIpc) is 3.34. The maximum Gasteiger partial charge on any atom is 0.252 e. The molecule has 1 fully saturated rings. The molecule has 1 aliphatic heterocycles. The lowest BCUT2D eigenvalue weighted by Crippen LogP contribution is -2.55. The highest BCUT2D eigenvalue weighted by Gasteiger charge is 2.48. The van der Waals surface area contributed by atoms with Crippen LogP contribution in [0.3, 0.4) is 0 Å². The minimum atomic E-state index is -2.21. The number of oxazole rings is 1. The largest absolute Gasteiger partial charge is 0.528 e. The van der Waals surface area contributed by atoms with E-state index in [2.05, 4.69) is 86.7 Å². The molecule has 0 radical (unpaired) electrons. The first-order valence-corrected chi connectivity index (χ1v) is 21.4. The lowest BCUT2D eigenvalue weighted by atomic mass is 9.92. The Morgan fingerprint density at radius 2 is 1.75 bits per heavy atom. The second kappa shape index (κ2) is 15.2. The number of allylic oxidation sites excluding steroid dienone is 2. The Morgan fingerprint density at radius 1 is 1.11 bits per heavy atom. The molecule has 10 heteroatoms. The minimum Gasteiger partial charge on any atom is -0.528 e. The molecule has 0 aromatic carbocycles. The Hall–Kier alpha value is -1.72. The van der Waals surface area contributed by atoms with Crippen LogP contribution in [-0.4, -0.2) is 73.2 Å². The van der Waals surface area contributed by atoms with Crippen molar-refractivity contribution in [3.05, 3.63) is 36.0 Å². The number of terminal acetylenes is 1. The third kappa shape index (κ3) is 10.4. The maximum absolute atomic E-state index is 7.04. The van der Waals surface area contributed by atoms with Gasteiger partial charge in [-0.1, -0.05) is 65.3 Å². The van der Waals surface area contributed by atoms with Crippen LogP contribution in [0, 0.1) is 12.3 Å². The third-order valence-corrected chi connectivity index (χ3v) is 18.3. The van der Waals surface area contributed by atoms with E-state index >= 15 is 0 Å². The number of aromatic nitrogens is 1. The van der Waals surface area contributed by atoms with Crippen LogP contribution in [0.5, 0.6) is 5.88 Å². The number of nitrogens with zero attached hydrogens (tertiary/aromatic N) is 1. The van der Waals surface area contributed by atoms with Gasteiger partial charge in [0.2, 0.25) is 11.8 Å². The maximum atomic E-state index is 7.04. The molecule has 44 heavy (non-hydrogen) atoms. The molecule has 1 aromatic heterocycles. The summed E-state index contributed by atoms with van der Waals surface area (Å²) in [6.45, 7) is 24.2. The van der Waals surface area contributed by atoms with E-state index in [-0.39, 0.29) is 34.5 Å². The van der Waals surface area contributed by atoms with E-state index in [1.807, 2.05) is 12.2 Å². The van der Waals surface area contributed by atoms with Gasteiger partial charge in [0, 0.05) is 40.6 Å². The quantitative estimate of drug-likeness (QED) is 0.114. The van der Waals surface area contributed by atoms with Gasteiger partial charge in [-0.25, -0.2) is 0 Å². The topological polar surface area (TPSA) is 81.4 Å². The number of hydrogen-bond donors (Lipinski definition) is 0. The van der Waals surface area contributed by atoms with Gasteiger partial charge in [-0.3, -0.25) is 0 Å². The molecule has 0 amide bonds. The molecule has 0 aliphatic carbocycles. The predicted octanol–water partition coefficient (Wildman–Crippen LogP) is 8.07. The second-order valence-electron chi connectivity index (χ2n) is 15.0. The van der Waals surface area contributed by atoms with E-state index in [0.29, 0.717) is 37.5 Å². The van der Waals surface area contributed by atoms with E-state index in [4.69, 9.17) is 43.6 Å². The van der Waals surface area contributed by atoms with Gasteiger partial charge in [-0.2, -0.15) is 4.98 Å². The molecule has 0 N–H and O–H groups in total. The number of ether oxygens (including phenoxy) is 4. The zero-order chi connectivity index (χ0) is 33.6. The van der Waals surface area contributed by atoms with Crippen molar-refractivity contribution in [1.82, 2.24) is 4.98 Å². The van der Waals surface area contributed by atoms with E-state index in [9.17, 15) is 0 Å². The van der Waals surface area contributed by atoms with E-state index in [1.54, 1.807) is 27.6 Å². The predicted molar refractivity (Wildman–Crippen MR) is 182 cm³/mol. The Labute approximate surface area is 269 Å². The van der Waals surface area contributed by atoms with Crippen molar-refractivity contribution in [2.45, 2.75) is 141 Å². The first-order chi connectivity index (χ1) is 20.2. The molecule has 0 bridgehead atoms. The molecule has 0 spiro atoms. The highest BCUT2D eigenvalue weighted by Crippen LogP contribution is 2.42. The number of methoxy groups -OCH3 is 3. The molecule has 1 aliphatic rings. The van der Waals surface area contributed by atoms with Crippen LogP contribution >= 0.6 is 0 Å². The Kier molecular flexibility index (Phi) is 13.3. The van der Waals surface area contributed by atoms with Crippen molar-refractivity contribution in [2.75, 3.05) is 21.3 Å². The Morgan fingerprint density at radius 3 is 2.27 bits per heavy atom. The van der Waals surface area contributed by atoms with Crippen LogP contribution in [0.25, 0.3) is 0 Å². The van der Waals surface area contributed by atoms with Crippen LogP contribution in [-0.2, 0) is 29.8 Å². The average molecular weight is 650 g/mol. The van der Waals surface area contributed by atoms with Gasteiger partial charge in [0.25, 0.3) is 8.32 Å². The van der Waals surface area contributed by atoms with Crippen LogP contribution in [0.15, 0.2) is 34.5 Å². The lowest BCUT2D eigenvalue weighted by molar-refractivity contribution is -0.297. The monoisotopic (exact) mass is 649 g/mol. The van der Waals surface area contributed by atoms with Crippen molar-refractivity contribution in [3.8, 4) is 18.2 Å². The van der Waals surface area contributed by atoms with Crippen LogP contribution in [0.2, 0.25) is 36.3 Å². The molecule has 0 saturated carbocycles. The lowest BCUT2D eigenvalue weighted by Gasteiger charge is -2.47. The SMILES string of the molecule is C#CC[C@H](/C=C/C(C)=C/[C@@H](O[Si](C)(C)C(C)(C)C)[C@H]1C[C@@H](OC)C[C@](Cc2nc(O[Si](C)(C)C(C)(C)C)co2)(OC)O1)OC. The van der Waals surface area contributed by atoms with Crippen molar-refractivity contribution >= 4 is 16.6 Å². The van der Waals surface area contributed by atoms with Gasteiger partial charge in [-0.05, 0) is 43.2 Å². The summed E-state index contributed by atoms with van der Waals surface area (Å²) in [5.74, 6) is 2.63. The van der Waals surface area contributed by atoms with E-state index in [0.717, 1.165) is 5.57 Å². The Balaban J connectivity index is 2.44. The molecular weight excluding hydrogens is 591 g/mol. The summed E-state index contributed by atoms with van der Waals surface area (Å²) < 4.78 is 43.8. The summed E-state index contributed by atoms with van der Waals surface area (Å²) in [6, 6.07) is 0.